The Morgan fingerprint density at radius 3 is 2.22 bits per heavy atom. The van der Waals surface area contributed by atoms with Crippen molar-refractivity contribution >= 4 is 35.3 Å². The highest BCUT2D eigenvalue weighted by Crippen LogP contribution is 2.38. The van der Waals surface area contributed by atoms with Crippen molar-refractivity contribution in [2.45, 2.75) is 64.1 Å². The molecule has 1 saturated carbocycles. The monoisotopic (exact) mass is 667 g/mol. The van der Waals surface area contributed by atoms with Crippen LogP contribution >= 0.6 is 0 Å². The predicted molar refractivity (Wildman–Crippen MR) is 180 cm³/mol. The van der Waals surface area contributed by atoms with E-state index in [0.29, 0.717) is 17.5 Å². The fourth-order valence-corrected chi connectivity index (χ4v) is 6.42. The lowest BCUT2D eigenvalue weighted by Gasteiger charge is -2.28. The second kappa shape index (κ2) is 16.8. The van der Waals surface area contributed by atoms with Crippen molar-refractivity contribution in [3.63, 3.8) is 0 Å². The average Bonchev–Trinajstić information content (AvgIpc) is 3.42. The van der Waals surface area contributed by atoms with Gasteiger partial charge in [0.1, 0.15) is 18.6 Å². The van der Waals surface area contributed by atoms with E-state index in [1.165, 1.54) is 0 Å². The molecule has 3 aromatic carbocycles. The molecule has 3 aromatic rings. The molecule has 1 fully saturated rings. The third-order valence-corrected chi connectivity index (χ3v) is 8.87. The highest BCUT2D eigenvalue weighted by atomic mass is 16.5. The Morgan fingerprint density at radius 2 is 1.49 bits per heavy atom. The van der Waals surface area contributed by atoms with Crippen molar-refractivity contribution in [1.29, 1.82) is 0 Å². The number of ketones is 2. The number of ether oxygens (including phenoxy) is 2. The third kappa shape index (κ3) is 8.85. The first-order valence-corrected chi connectivity index (χ1v) is 16.7. The van der Waals surface area contributed by atoms with Crippen LogP contribution in [-0.4, -0.2) is 67.1 Å². The number of esters is 1. The van der Waals surface area contributed by atoms with Crippen LogP contribution in [0.3, 0.4) is 0 Å². The van der Waals surface area contributed by atoms with E-state index >= 15 is 0 Å². The lowest BCUT2D eigenvalue weighted by atomic mass is 9.84. The van der Waals surface area contributed by atoms with Crippen LogP contribution in [0.15, 0.2) is 72.8 Å². The van der Waals surface area contributed by atoms with Gasteiger partial charge in [-0.25, -0.2) is 0 Å². The first-order chi connectivity index (χ1) is 23.8. The summed E-state index contributed by atoms with van der Waals surface area (Å²) in [5, 5.41) is 7.74. The van der Waals surface area contributed by atoms with Crippen molar-refractivity contribution in [2.24, 2.45) is 5.92 Å². The maximum absolute atomic E-state index is 14.0. The molecule has 0 heterocycles. The second-order valence-electron chi connectivity index (χ2n) is 12.3. The van der Waals surface area contributed by atoms with Gasteiger partial charge in [0.15, 0.2) is 5.78 Å². The van der Waals surface area contributed by atoms with Gasteiger partial charge < -0.3 is 25.4 Å². The Labute approximate surface area is 285 Å². The fourth-order valence-electron chi connectivity index (χ4n) is 6.42. The van der Waals surface area contributed by atoms with E-state index in [4.69, 9.17) is 9.47 Å². The smallest absolute Gasteiger partial charge is 0.325 e. The highest BCUT2D eigenvalue weighted by Gasteiger charge is 2.35. The van der Waals surface area contributed by atoms with E-state index in [0.717, 1.165) is 43.2 Å². The summed E-state index contributed by atoms with van der Waals surface area (Å²) in [6, 6.07) is 18.9. The number of benzene rings is 3. The van der Waals surface area contributed by atoms with Gasteiger partial charge in [-0.15, -0.1) is 0 Å². The number of rotatable bonds is 15. The van der Waals surface area contributed by atoms with Crippen LogP contribution in [0.25, 0.3) is 11.1 Å². The molecule has 2 aliphatic carbocycles. The summed E-state index contributed by atoms with van der Waals surface area (Å²) in [6.07, 6.45) is 5.17. The summed E-state index contributed by atoms with van der Waals surface area (Å²) in [7, 11) is 0. The Morgan fingerprint density at radius 1 is 0.796 bits per heavy atom. The normalized spacial score (nSPS) is 14.9. The number of nitrogens with one attached hydrogen (secondary N) is 3. The Hall–Kier alpha value is -5.16. The van der Waals surface area contributed by atoms with Crippen LogP contribution in [0, 0.1) is 5.92 Å². The molecule has 11 heteroatoms. The topological polar surface area (TPSA) is 157 Å². The molecule has 256 valence electrons. The lowest BCUT2D eigenvalue weighted by Crippen LogP contribution is -2.56. The van der Waals surface area contributed by atoms with E-state index in [2.05, 4.69) is 16.0 Å². The summed E-state index contributed by atoms with van der Waals surface area (Å²) in [6.45, 7) is 0.979. The van der Waals surface area contributed by atoms with Crippen LogP contribution in [0.5, 0.6) is 0 Å². The summed E-state index contributed by atoms with van der Waals surface area (Å²) >= 11 is 0. The van der Waals surface area contributed by atoms with Gasteiger partial charge >= 0.3 is 5.97 Å². The molecule has 11 nitrogen and oxygen atoms in total. The molecule has 5 rings (SSSR count). The quantitative estimate of drug-likeness (QED) is 0.127. The van der Waals surface area contributed by atoms with E-state index in [-0.39, 0.29) is 42.6 Å². The number of hydrogen-bond donors (Lipinski definition) is 3. The number of fused-ring (bicyclic) bond motifs is 3. The minimum Gasteiger partial charge on any atom is -0.465 e. The summed E-state index contributed by atoms with van der Waals surface area (Å²) in [5.41, 5.74) is 3.15. The van der Waals surface area contributed by atoms with Crippen LogP contribution in [0.4, 0.5) is 0 Å². The Bertz CT molecular complexity index is 1700. The number of Topliss-reactive ketones (excluding diaryl/α,β-unsaturated/α-hetero) is 1. The number of carbonyl (C=O) groups is 6. The molecular weight excluding hydrogens is 626 g/mol. The SMILES string of the molecule is CCOC(=O)CNC(=O)C(=O)C(COCc1ccccc1)NC(=O)C(CC1CCCCC1)NC(=O)c1cccc2c1C(=O)c1ccccc1-2. The highest BCUT2D eigenvalue weighted by molar-refractivity contribution is 6.38. The molecule has 0 aromatic heterocycles. The van der Waals surface area contributed by atoms with Crippen molar-refractivity contribution < 1.29 is 38.2 Å². The minimum atomic E-state index is -1.42. The zero-order valence-electron chi connectivity index (χ0n) is 27.5. The van der Waals surface area contributed by atoms with Gasteiger partial charge in [0, 0.05) is 11.1 Å². The molecule has 49 heavy (non-hydrogen) atoms. The minimum absolute atomic E-state index is 0.107. The number of amides is 3. The van der Waals surface area contributed by atoms with Crippen LogP contribution < -0.4 is 16.0 Å². The second-order valence-corrected chi connectivity index (χ2v) is 12.3. The maximum Gasteiger partial charge on any atom is 0.325 e. The van der Waals surface area contributed by atoms with Crippen LogP contribution in [0.1, 0.15) is 77.3 Å². The summed E-state index contributed by atoms with van der Waals surface area (Å²) < 4.78 is 10.6. The van der Waals surface area contributed by atoms with Crippen molar-refractivity contribution in [3.8, 4) is 11.1 Å². The largest absolute Gasteiger partial charge is 0.465 e. The molecule has 0 radical (unpaired) electrons. The van der Waals surface area contributed by atoms with Gasteiger partial charge in [-0.05, 0) is 42.0 Å². The zero-order valence-corrected chi connectivity index (χ0v) is 27.5. The van der Waals surface area contributed by atoms with Crippen LogP contribution in [-0.2, 0) is 35.3 Å². The third-order valence-electron chi connectivity index (χ3n) is 8.87. The van der Waals surface area contributed by atoms with E-state index < -0.39 is 48.1 Å². The Balaban J connectivity index is 1.35. The Kier molecular flexibility index (Phi) is 12.0. The van der Waals surface area contributed by atoms with E-state index in [1.807, 2.05) is 42.5 Å². The molecule has 0 aliphatic heterocycles. The molecule has 2 aliphatic rings. The molecular formula is C38H41N3O8. The number of carbonyl (C=O) groups excluding carboxylic acids is 6. The zero-order chi connectivity index (χ0) is 34.8. The van der Waals surface area contributed by atoms with Crippen molar-refractivity contribution in [2.75, 3.05) is 19.8 Å². The van der Waals surface area contributed by atoms with Crippen molar-refractivity contribution in [1.82, 2.24) is 16.0 Å². The maximum atomic E-state index is 14.0. The molecule has 0 saturated heterocycles. The molecule has 0 bridgehead atoms. The van der Waals surface area contributed by atoms with Gasteiger partial charge in [0.2, 0.25) is 11.7 Å². The lowest BCUT2D eigenvalue weighted by molar-refractivity contribution is -0.146. The van der Waals surface area contributed by atoms with Gasteiger partial charge in [-0.2, -0.15) is 0 Å². The fraction of sp³-hybridized carbons (Fsp3) is 0.368. The van der Waals surface area contributed by atoms with Crippen LogP contribution in [0.2, 0.25) is 0 Å². The predicted octanol–water partition coefficient (Wildman–Crippen LogP) is 3.92. The number of hydrogen-bond acceptors (Lipinski definition) is 8. The van der Waals surface area contributed by atoms with Gasteiger partial charge in [-0.3, -0.25) is 28.8 Å². The molecule has 0 spiro atoms. The molecule has 2 atom stereocenters. The average molecular weight is 668 g/mol. The summed E-state index contributed by atoms with van der Waals surface area (Å²) in [5.74, 6) is -4.20. The van der Waals surface area contributed by atoms with Gasteiger partial charge in [-0.1, -0.05) is 98.8 Å². The first-order valence-electron chi connectivity index (χ1n) is 16.7. The van der Waals surface area contributed by atoms with Crippen molar-refractivity contribution in [3.05, 3.63) is 95.1 Å². The molecule has 2 unspecified atom stereocenters. The standard InChI is InChI=1S/C38H41N3O8/c1-2-49-32(42)21-39-38(47)35(44)31(23-48-22-25-14-7-4-8-15-25)41-37(46)30(20-24-12-5-3-6-13-24)40-36(45)29-19-11-18-27-26-16-9-10-17-28(26)34(43)33(27)29/h4,7-11,14-19,24,30-31H,2-3,5-6,12-13,20-23H2,1H3,(H,39,47)(H,40,45)(H,41,46). The van der Waals surface area contributed by atoms with E-state index in [9.17, 15) is 28.8 Å². The molecule has 3 N–H and O–H groups in total. The van der Waals surface area contributed by atoms with Gasteiger partial charge in [0.05, 0.1) is 25.4 Å². The summed E-state index contributed by atoms with van der Waals surface area (Å²) in [4.78, 5) is 79.2. The first kappa shape index (κ1) is 35.2. The molecule has 3 amide bonds. The van der Waals surface area contributed by atoms with Gasteiger partial charge in [0.25, 0.3) is 11.8 Å². The van der Waals surface area contributed by atoms with E-state index in [1.54, 1.807) is 37.3 Å².